The lowest BCUT2D eigenvalue weighted by molar-refractivity contribution is -0.404. The topological polar surface area (TPSA) is 106 Å². The maximum atomic E-state index is 10.8. The Labute approximate surface area is 175 Å². The van der Waals surface area contributed by atoms with Crippen LogP contribution in [0.15, 0.2) is 36.5 Å². The average molecular weight is 447 g/mol. The summed E-state index contributed by atoms with van der Waals surface area (Å²) in [7, 11) is 0. The first-order valence-corrected chi connectivity index (χ1v) is 11.4. The molecule has 12 heteroatoms. The molecule has 0 atom stereocenters. The van der Waals surface area contributed by atoms with Gasteiger partial charge in [0.15, 0.2) is 5.82 Å². The van der Waals surface area contributed by atoms with E-state index in [4.69, 9.17) is 11.6 Å². The standard InChI is InChI=1S/C15H19ClN6O2S3/c16-13-2-1-3-17-14(13)11-26-7-5-19-15(9-22(23)24)18-4-6-25-10-12-8-20-27-21-12/h1-3,8-9,18-19H,4-7,10-11H2. The molecule has 2 heterocycles. The zero-order valence-electron chi connectivity index (χ0n) is 14.3. The molecule has 0 aliphatic carbocycles. The molecule has 0 spiro atoms. The molecular weight excluding hydrogens is 428 g/mol. The minimum Gasteiger partial charge on any atom is -0.366 e. The lowest BCUT2D eigenvalue weighted by Crippen LogP contribution is -2.30. The highest BCUT2D eigenvalue weighted by Crippen LogP contribution is 2.18. The van der Waals surface area contributed by atoms with Crippen LogP contribution < -0.4 is 10.6 Å². The number of hydrogen-bond donors (Lipinski definition) is 2. The van der Waals surface area contributed by atoms with Crippen molar-refractivity contribution >= 4 is 46.9 Å². The Morgan fingerprint density at radius 1 is 1.30 bits per heavy atom. The molecule has 2 rings (SSSR count). The van der Waals surface area contributed by atoms with Crippen LogP contribution in [0.25, 0.3) is 0 Å². The van der Waals surface area contributed by atoms with E-state index in [1.807, 2.05) is 6.07 Å². The number of aromatic nitrogens is 3. The Bertz CT molecular complexity index is 732. The highest BCUT2D eigenvalue weighted by molar-refractivity contribution is 7.98. The zero-order chi connectivity index (χ0) is 19.3. The molecule has 0 saturated carbocycles. The lowest BCUT2D eigenvalue weighted by atomic mass is 10.4. The van der Waals surface area contributed by atoms with Crippen molar-refractivity contribution in [3.63, 3.8) is 0 Å². The molecule has 0 amide bonds. The number of halogens is 1. The van der Waals surface area contributed by atoms with E-state index in [1.54, 1.807) is 42.0 Å². The molecule has 0 saturated heterocycles. The third-order valence-electron chi connectivity index (χ3n) is 3.09. The van der Waals surface area contributed by atoms with Crippen molar-refractivity contribution in [2.75, 3.05) is 24.6 Å². The van der Waals surface area contributed by atoms with Gasteiger partial charge in [-0.05, 0) is 12.1 Å². The van der Waals surface area contributed by atoms with Crippen molar-refractivity contribution in [2.45, 2.75) is 11.5 Å². The minimum atomic E-state index is -0.468. The molecule has 0 unspecified atom stereocenters. The fourth-order valence-electron chi connectivity index (χ4n) is 1.89. The van der Waals surface area contributed by atoms with Crippen LogP contribution in [0.3, 0.4) is 0 Å². The summed E-state index contributed by atoms with van der Waals surface area (Å²) in [5.74, 6) is 3.47. The van der Waals surface area contributed by atoms with Crippen molar-refractivity contribution in [3.05, 3.63) is 63.1 Å². The highest BCUT2D eigenvalue weighted by Gasteiger charge is 2.04. The van der Waals surface area contributed by atoms with Gasteiger partial charge in [-0.25, -0.2) is 0 Å². The molecule has 2 aromatic heterocycles. The van der Waals surface area contributed by atoms with Crippen molar-refractivity contribution < 1.29 is 4.92 Å². The Morgan fingerprint density at radius 3 is 2.67 bits per heavy atom. The predicted molar refractivity (Wildman–Crippen MR) is 113 cm³/mol. The van der Waals surface area contributed by atoms with Crippen LogP contribution >= 0.6 is 46.9 Å². The SMILES string of the molecule is O=[N+]([O-])C=C(NCCSCc1cnsn1)NCCSCc1ncccc1Cl. The van der Waals surface area contributed by atoms with Crippen molar-refractivity contribution in [1.82, 2.24) is 24.4 Å². The number of thioether (sulfide) groups is 2. The zero-order valence-corrected chi connectivity index (χ0v) is 17.5. The van der Waals surface area contributed by atoms with Gasteiger partial charge in [-0.15, -0.1) is 0 Å². The molecule has 0 radical (unpaired) electrons. The van der Waals surface area contributed by atoms with Gasteiger partial charge in [0.2, 0.25) is 0 Å². The van der Waals surface area contributed by atoms with E-state index >= 15 is 0 Å². The molecule has 27 heavy (non-hydrogen) atoms. The van der Waals surface area contributed by atoms with Crippen molar-refractivity contribution in [2.24, 2.45) is 0 Å². The maximum absolute atomic E-state index is 10.8. The molecule has 0 aromatic carbocycles. The van der Waals surface area contributed by atoms with Crippen LogP contribution in [0.1, 0.15) is 11.4 Å². The van der Waals surface area contributed by atoms with Gasteiger partial charge in [-0.2, -0.15) is 32.3 Å². The first-order chi connectivity index (χ1) is 13.1. The number of nitro groups is 1. The predicted octanol–water partition coefficient (Wildman–Crippen LogP) is 3.01. The van der Waals surface area contributed by atoms with Gasteiger partial charge in [0.25, 0.3) is 6.20 Å². The van der Waals surface area contributed by atoms with Gasteiger partial charge in [-0.3, -0.25) is 15.1 Å². The molecule has 8 nitrogen and oxygen atoms in total. The van der Waals surface area contributed by atoms with Gasteiger partial charge < -0.3 is 10.6 Å². The van der Waals surface area contributed by atoms with E-state index < -0.39 is 4.92 Å². The molecule has 0 fully saturated rings. The van der Waals surface area contributed by atoms with Crippen LogP contribution in [-0.2, 0) is 11.5 Å². The van der Waals surface area contributed by atoms with Crippen molar-refractivity contribution in [1.29, 1.82) is 0 Å². The Kier molecular flexibility index (Phi) is 10.3. The van der Waals surface area contributed by atoms with Gasteiger partial charge >= 0.3 is 0 Å². The average Bonchev–Trinajstić information content (AvgIpc) is 3.15. The normalized spacial score (nSPS) is 11.4. The molecule has 0 bridgehead atoms. The number of nitrogens with zero attached hydrogens (tertiary/aromatic N) is 4. The number of nitrogens with one attached hydrogen (secondary N) is 2. The number of rotatable bonds is 13. The fourth-order valence-corrected chi connectivity index (χ4v) is 4.23. The maximum Gasteiger partial charge on any atom is 0.274 e. The highest BCUT2D eigenvalue weighted by atomic mass is 35.5. The van der Waals surface area contributed by atoms with E-state index in [0.717, 1.165) is 34.8 Å². The molecular formula is C15H19ClN6O2S3. The van der Waals surface area contributed by atoms with Crippen LogP contribution in [-0.4, -0.2) is 43.2 Å². The van der Waals surface area contributed by atoms with E-state index in [0.29, 0.717) is 29.7 Å². The quantitative estimate of drug-likeness (QED) is 0.272. The second kappa shape index (κ2) is 12.8. The van der Waals surface area contributed by atoms with E-state index in [9.17, 15) is 10.1 Å². The van der Waals surface area contributed by atoms with Gasteiger partial charge in [0, 0.05) is 42.3 Å². The summed E-state index contributed by atoms with van der Waals surface area (Å²) in [6.45, 7) is 1.21. The second-order valence-electron chi connectivity index (χ2n) is 5.12. The molecule has 146 valence electrons. The summed E-state index contributed by atoms with van der Waals surface area (Å²) in [5.41, 5.74) is 1.80. The third-order valence-corrected chi connectivity index (χ3v) is 5.91. The summed E-state index contributed by atoms with van der Waals surface area (Å²) in [4.78, 5) is 14.5. The second-order valence-corrected chi connectivity index (χ2v) is 8.29. The third kappa shape index (κ3) is 9.27. The number of pyridine rings is 1. The van der Waals surface area contributed by atoms with Gasteiger partial charge in [0.05, 0.1) is 39.3 Å². The molecule has 2 aromatic rings. The summed E-state index contributed by atoms with van der Waals surface area (Å²) in [6, 6.07) is 3.61. The first-order valence-electron chi connectivity index (χ1n) is 7.99. The molecule has 2 N–H and O–H groups in total. The summed E-state index contributed by atoms with van der Waals surface area (Å²) in [6.07, 6.45) is 4.42. The van der Waals surface area contributed by atoms with Crippen LogP contribution in [0.2, 0.25) is 5.02 Å². The first kappa shape index (κ1) is 21.7. The van der Waals surface area contributed by atoms with Crippen LogP contribution in [0, 0.1) is 10.1 Å². The minimum absolute atomic E-state index is 0.410. The van der Waals surface area contributed by atoms with Crippen LogP contribution in [0.5, 0.6) is 0 Å². The summed E-state index contributed by atoms with van der Waals surface area (Å²) in [5, 5.41) is 17.5. The fraction of sp³-hybridized carbons (Fsp3) is 0.400. The van der Waals surface area contributed by atoms with Crippen LogP contribution in [0.4, 0.5) is 0 Å². The lowest BCUT2D eigenvalue weighted by Gasteiger charge is -2.11. The Morgan fingerprint density at radius 2 is 2.04 bits per heavy atom. The molecule has 0 aliphatic rings. The smallest absolute Gasteiger partial charge is 0.274 e. The summed E-state index contributed by atoms with van der Waals surface area (Å²) < 4.78 is 8.08. The van der Waals surface area contributed by atoms with Crippen molar-refractivity contribution in [3.8, 4) is 0 Å². The monoisotopic (exact) mass is 446 g/mol. The van der Waals surface area contributed by atoms with Gasteiger partial charge in [0.1, 0.15) is 0 Å². The van der Waals surface area contributed by atoms with E-state index in [-0.39, 0.29) is 0 Å². The Hall–Kier alpha value is -1.56. The molecule has 0 aliphatic heterocycles. The van der Waals surface area contributed by atoms with E-state index in [2.05, 4.69) is 24.4 Å². The van der Waals surface area contributed by atoms with Gasteiger partial charge in [-0.1, -0.05) is 11.6 Å². The van der Waals surface area contributed by atoms with E-state index in [1.165, 1.54) is 11.7 Å². The number of hydrogen-bond acceptors (Lipinski definition) is 10. The largest absolute Gasteiger partial charge is 0.366 e. The summed E-state index contributed by atoms with van der Waals surface area (Å²) >= 11 is 10.6. The Balaban J connectivity index is 1.62.